The highest BCUT2D eigenvalue weighted by atomic mass is 19.4. The Kier molecular flexibility index (Phi) is 2.04. The zero-order valence-electron chi connectivity index (χ0n) is 7.85. The molecule has 0 aromatic carbocycles. The van der Waals surface area contributed by atoms with E-state index in [1.165, 1.54) is 0 Å². The van der Waals surface area contributed by atoms with Crippen molar-refractivity contribution >= 4 is 0 Å². The number of pyridine rings is 1. The van der Waals surface area contributed by atoms with E-state index in [-0.39, 0.29) is 0 Å². The van der Waals surface area contributed by atoms with E-state index in [9.17, 15) is 22.0 Å². The van der Waals surface area contributed by atoms with E-state index < -0.39 is 35.3 Å². The van der Waals surface area contributed by atoms with Gasteiger partial charge in [0, 0.05) is 12.6 Å². The molecule has 0 bridgehead atoms. The van der Waals surface area contributed by atoms with Gasteiger partial charge in [0.15, 0.2) is 0 Å². The van der Waals surface area contributed by atoms with Crippen LogP contribution in [0.2, 0.25) is 0 Å². The van der Waals surface area contributed by atoms with Crippen LogP contribution >= 0.6 is 0 Å². The average Bonchev–Trinajstić information content (AvgIpc) is 2.66. The first-order valence-corrected chi connectivity index (χ1v) is 4.38. The Bertz CT molecular complexity index is 428. The Hall–Kier alpha value is -1.24. The summed E-state index contributed by atoms with van der Waals surface area (Å²) in [5, 5.41) is 0. The minimum absolute atomic E-state index is 0.700. The molecule has 0 spiro atoms. The van der Waals surface area contributed by atoms with Gasteiger partial charge in [-0.1, -0.05) is 0 Å². The fourth-order valence-electron chi connectivity index (χ4n) is 1.55. The summed E-state index contributed by atoms with van der Waals surface area (Å²) >= 11 is 0. The van der Waals surface area contributed by atoms with Gasteiger partial charge in [-0.2, -0.15) is 13.2 Å². The minimum atomic E-state index is -4.73. The molecule has 1 atom stereocenters. The van der Waals surface area contributed by atoms with Gasteiger partial charge < -0.3 is 5.73 Å². The quantitative estimate of drug-likeness (QED) is 0.762. The molecule has 1 aromatic rings. The summed E-state index contributed by atoms with van der Waals surface area (Å²) in [6.45, 7) is 0. The highest BCUT2D eigenvalue weighted by molar-refractivity contribution is 5.38. The maximum Gasteiger partial charge on any atom is 0.418 e. The summed E-state index contributed by atoms with van der Waals surface area (Å²) in [4.78, 5) is 3.35. The maximum absolute atomic E-state index is 12.9. The summed E-state index contributed by atoms with van der Waals surface area (Å²) in [6.07, 6.45) is -4.51. The molecule has 1 aromatic heterocycles. The molecule has 1 unspecified atom stereocenters. The molecule has 7 heteroatoms. The molecule has 2 rings (SSSR count). The summed E-state index contributed by atoms with van der Waals surface area (Å²) in [7, 11) is 0. The number of nitrogens with zero attached hydrogens (tertiary/aromatic N) is 1. The Labute approximate surface area is 87.3 Å². The molecule has 0 saturated heterocycles. The van der Waals surface area contributed by atoms with Crippen LogP contribution in [0.1, 0.15) is 17.7 Å². The lowest BCUT2D eigenvalue weighted by atomic mass is 10.1. The van der Waals surface area contributed by atoms with E-state index in [4.69, 9.17) is 5.73 Å². The normalized spacial score (nSPS) is 27.9. The Morgan fingerprint density at radius 2 is 1.88 bits per heavy atom. The van der Waals surface area contributed by atoms with Gasteiger partial charge in [-0.05, 0) is 12.1 Å². The third-order valence-corrected chi connectivity index (χ3v) is 2.56. The number of alkyl halides is 5. The zero-order valence-corrected chi connectivity index (χ0v) is 7.85. The zero-order chi connectivity index (χ0) is 12.2. The summed E-state index contributed by atoms with van der Waals surface area (Å²) in [5.74, 6) is -3.32. The fourth-order valence-corrected chi connectivity index (χ4v) is 1.55. The molecule has 2 N–H and O–H groups in total. The highest BCUT2D eigenvalue weighted by Gasteiger charge is 2.72. The van der Waals surface area contributed by atoms with Crippen molar-refractivity contribution < 1.29 is 22.0 Å². The van der Waals surface area contributed by atoms with Crippen molar-refractivity contribution in [3.8, 4) is 0 Å². The number of hydrogen-bond acceptors (Lipinski definition) is 2. The maximum atomic E-state index is 12.9. The first-order valence-electron chi connectivity index (χ1n) is 4.38. The monoisotopic (exact) mass is 238 g/mol. The Balaban J connectivity index is 2.52. The van der Waals surface area contributed by atoms with Crippen LogP contribution in [-0.4, -0.2) is 10.9 Å². The molecule has 88 valence electrons. The second-order valence-electron chi connectivity index (χ2n) is 3.75. The molecule has 1 saturated carbocycles. The van der Waals surface area contributed by atoms with Crippen molar-refractivity contribution in [1.29, 1.82) is 0 Å². The third-order valence-electron chi connectivity index (χ3n) is 2.56. The number of hydrogen-bond donors (Lipinski definition) is 1. The fraction of sp³-hybridized carbons (Fsp3) is 0.444. The molecule has 0 aliphatic heterocycles. The van der Waals surface area contributed by atoms with Crippen molar-refractivity contribution in [2.24, 2.45) is 5.73 Å². The van der Waals surface area contributed by atoms with Gasteiger partial charge in [-0.25, -0.2) is 8.78 Å². The van der Waals surface area contributed by atoms with Crippen molar-refractivity contribution in [3.05, 3.63) is 29.6 Å². The topological polar surface area (TPSA) is 38.9 Å². The standard InChI is InChI=1S/C9H7F5N2/c10-8(11)4-7(8,15)6-5(9(12,13)14)2-1-3-16-6/h1-3H,4,15H2. The number of nitrogens with two attached hydrogens (primary N) is 1. The van der Waals surface area contributed by atoms with Crippen LogP contribution in [0, 0.1) is 0 Å². The number of halogens is 5. The lowest BCUT2D eigenvalue weighted by Gasteiger charge is -2.16. The smallest absolute Gasteiger partial charge is 0.315 e. The molecule has 1 fully saturated rings. The van der Waals surface area contributed by atoms with E-state index in [1.807, 2.05) is 0 Å². The molecule has 2 nitrogen and oxygen atoms in total. The van der Waals surface area contributed by atoms with Crippen LogP contribution in [0.4, 0.5) is 22.0 Å². The van der Waals surface area contributed by atoms with Crippen LogP contribution in [0.15, 0.2) is 18.3 Å². The van der Waals surface area contributed by atoms with E-state index >= 15 is 0 Å². The van der Waals surface area contributed by atoms with Crippen LogP contribution in [0.5, 0.6) is 0 Å². The first-order chi connectivity index (χ1) is 7.18. The van der Waals surface area contributed by atoms with Gasteiger partial charge in [0.1, 0.15) is 5.54 Å². The van der Waals surface area contributed by atoms with Crippen molar-refractivity contribution in [3.63, 3.8) is 0 Å². The molecule has 1 aliphatic carbocycles. The average molecular weight is 238 g/mol. The van der Waals surface area contributed by atoms with E-state index in [0.29, 0.717) is 6.07 Å². The van der Waals surface area contributed by atoms with E-state index in [1.54, 1.807) is 0 Å². The van der Waals surface area contributed by atoms with Crippen LogP contribution in [0.3, 0.4) is 0 Å². The van der Waals surface area contributed by atoms with Gasteiger partial charge in [0.2, 0.25) is 0 Å². The SMILES string of the molecule is NC1(c2ncccc2C(F)(F)F)CC1(F)F. The minimum Gasteiger partial charge on any atom is -0.315 e. The van der Waals surface area contributed by atoms with Crippen LogP contribution < -0.4 is 5.73 Å². The van der Waals surface area contributed by atoms with Crippen LogP contribution in [-0.2, 0) is 11.7 Å². The largest absolute Gasteiger partial charge is 0.418 e. The summed E-state index contributed by atoms with van der Waals surface area (Å²) < 4.78 is 63.4. The molecular weight excluding hydrogens is 231 g/mol. The predicted octanol–water partition coefficient (Wildman–Crippen LogP) is 2.29. The summed E-state index contributed by atoms with van der Waals surface area (Å²) in [5.41, 5.74) is 0.968. The predicted molar refractivity (Wildman–Crippen MR) is 44.7 cm³/mol. The first kappa shape index (κ1) is 11.3. The van der Waals surface area contributed by atoms with Crippen molar-refractivity contribution in [1.82, 2.24) is 4.98 Å². The van der Waals surface area contributed by atoms with E-state index in [0.717, 1.165) is 12.3 Å². The third kappa shape index (κ3) is 1.46. The van der Waals surface area contributed by atoms with Gasteiger partial charge in [-0.3, -0.25) is 4.98 Å². The molecule has 16 heavy (non-hydrogen) atoms. The van der Waals surface area contributed by atoms with Crippen molar-refractivity contribution in [2.75, 3.05) is 0 Å². The number of aromatic nitrogens is 1. The Morgan fingerprint density at radius 3 is 2.31 bits per heavy atom. The van der Waals surface area contributed by atoms with Gasteiger partial charge in [-0.15, -0.1) is 0 Å². The van der Waals surface area contributed by atoms with Crippen LogP contribution in [0.25, 0.3) is 0 Å². The molecule has 1 aliphatic rings. The van der Waals surface area contributed by atoms with Gasteiger partial charge in [0.05, 0.1) is 11.3 Å². The van der Waals surface area contributed by atoms with Gasteiger partial charge in [0.25, 0.3) is 5.92 Å². The molecule has 1 heterocycles. The second kappa shape index (κ2) is 2.91. The lowest BCUT2D eigenvalue weighted by molar-refractivity contribution is -0.139. The molecular formula is C9H7F5N2. The molecule has 0 amide bonds. The summed E-state index contributed by atoms with van der Waals surface area (Å²) in [6, 6.07) is 1.74. The highest BCUT2D eigenvalue weighted by Crippen LogP contribution is 2.58. The number of rotatable bonds is 1. The second-order valence-corrected chi connectivity index (χ2v) is 3.75. The lowest BCUT2D eigenvalue weighted by Crippen LogP contribution is -2.31. The van der Waals surface area contributed by atoms with Gasteiger partial charge >= 0.3 is 6.18 Å². The van der Waals surface area contributed by atoms with Crippen molar-refractivity contribution in [2.45, 2.75) is 24.1 Å². The molecule has 0 radical (unpaired) electrons. The Morgan fingerprint density at radius 1 is 1.31 bits per heavy atom. The van der Waals surface area contributed by atoms with E-state index in [2.05, 4.69) is 4.98 Å².